The molecule has 0 spiro atoms. The van der Waals surface area contributed by atoms with Gasteiger partial charge in [-0.1, -0.05) is 12.1 Å². The number of hydrogen-bond donors (Lipinski definition) is 0. The van der Waals surface area contributed by atoms with Crippen LogP contribution in [0.5, 0.6) is 5.75 Å². The maximum Gasteiger partial charge on any atom is 0.144 e. The SMILES string of the molecule is C=Nc1ccccc1OC.Cn1ccnc1. The number of methoxy groups -OCH3 is 1. The van der Waals surface area contributed by atoms with Crippen molar-refractivity contribution in [3.05, 3.63) is 43.0 Å². The topological polar surface area (TPSA) is 39.4 Å². The van der Waals surface area contributed by atoms with Gasteiger partial charge in [-0.25, -0.2) is 4.98 Å². The highest BCUT2D eigenvalue weighted by atomic mass is 16.5. The summed E-state index contributed by atoms with van der Waals surface area (Å²) in [6.45, 7) is 3.41. The van der Waals surface area contributed by atoms with Crippen LogP contribution < -0.4 is 4.74 Å². The lowest BCUT2D eigenvalue weighted by Crippen LogP contribution is -1.81. The van der Waals surface area contributed by atoms with Crippen LogP contribution in [0.15, 0.2) is 48.0 Å². The highest BCUT2D eigenvalue weighted by Gasteiger charge is 1.94. The summed E-state index contributed by atoms with van der Waals surface area (Å²) in [5.41, 5.74) is 0.782. The van der Waals surface area contributed by atoms with E-state index in [1.54, 1.807) is 19.6 Å². The Morgan fingerprint density at radius 2 is 2.12 bits per heavy atom. The van der Waals surface area contributed by atoms with Gasteiger partial charge >= 0.3 is 0 Å². The lowest BCUT2D eigenvalue weighted by atomic mass is 10.3. The molecule has 0 bridgehead atoms. The number of imidazole rings is 1. The van der Waals surface area contributed by atoms with Gasteiger partial charge in [0.2, 0.25) is 0 Å². The van der Waals surface area contributed by atoms with E-state index in [1.807, 2.05) is 42.1 Å². The van der Waals surface area contributed by atoms with E-state index in [0.29, 0.717) is 0 Å². The van der Waals surface area contributed by atoms with Gasteiger partial charge in [-0.05, 0) is 18.9 Å². The smallest absolute Gasteiger partial charge is 0.144 e. The number of para-hydroxylation sites is 2. The van der Waals surface area contributed by atoms with Gasteiger partial charge in [-0.2, -0.15) is 0 Å². The molecular formula is C12H15N3O. The van der Waals surface area contributed by atoms with Crippen molar-refractivity contribution in [3.8, 4) is 5.75 Å². The first-order valence-electron chi connectivity index (χ1n) is 4.79. The molecule has 0 aliphatic carbocycles. The molecule has 0 saturated carbocycles. The molecule has 0 atom stereocenters. The minimum Gasteiger partial charge on any atom is -0.494 e. The van der Waals surface area contributed by atoms with Crippen LogP contribution in [0.25, 0.3) is 0 Å². The van der Waals surface area contributed by atoms with Crippen molar-refractivity contribution in [2.45, 2.75) is 0 Å². The van der Waals surface area contributed by atoms with E-state index in [0.717, 1.165) is 11.4 Å². The molecule has 2 aromatic rings. The van der Waals surface area contributed by atoms with Crippen molar-refractivity contribution < 1.29 is 4.74 Å². The lowest BCUT2D eigenvalue weighted by molar-refractivity contribution is 0.416. The van der Waals surface area contributed by atoms with Crippen molar-refractivity contribution in [1.82, 2.24) is 9.55 Å². The van der Waals surface area contributed by atoms with Gasteiger partial charge in [0.25, 0.3) is 0 Å². The summed E-state index contributed by atoms with van der Waals surface area (Å²) >= 11 is 0. The summed E-state index contributed by atoms with van der Waals surface area (Å²) in [4.78, 5) is 7.55. The largest absolute Gasteiger partial charge is 0.494 e. The molecule has 0 aliphatic heterocycles. The fraction of sp³-hybridized carbons (Fsp3) is 0.167. The number of aromatic nitrogens is 2. The fourth-order valence-electron chi connectivity index (χ4n) is 1.09. The number of rotatable bonds is 2. The average Bonchev–Trinajstić information content (AvgIpc) is 2.81. The van der Waals surface area contributed by atoms with Crippen LogP contribution in [0.4, 0.5) is 5.69 Å². The number of hydrogen-bond acceptors (Lipinski definition) is 3. The normalized spacial score (nSPS) is 8.88. The Balaban J connectivity index is 0.000000181. The number of benzene rings is 1. The van der Waals surface area contributed by atoms with Gasteiger partial charge in [0.15, 0.2) is 0 Å². The quantitative estimate of drug-likeness (QED) is 0.725. The summed E-state index contributed by atoms with van der Waals surface area (Å²) in [5, 5.41) is 0. The summed E-state index contributed by atoms with van der Waals surface area (Å²) in [6, 6.07) is 7.50. The molecule has 0 N–H and O–H groups in total. The van der Waals surface area contributed by atoms with Gasteiger partial charge in [-0.3, -0.25) is 4.99 Å². The zero-order valence-electron chi connectivity index (χ0n) is 9.50. The summed E-state index contributed by atoms with van der Waals surface area (Å²) in [5.74, 6) is 0.762. The molecular weight excluding hydrogens is 202 g/mol. The van der Waals surface area contributed by atoms with Crippen molar-refractivity contribution in [3.63, 3.8) is 0 Å². The minimum atomic E-state index is 0.762. The number of aliphatic imine (C=N–C) groups is 1. The van der Waals surface area contributed by atoms with Crippen molar-refractivity contribution >= 4 is 12.4 Å². The molecule has 84 valence electrons. The Bertz CT molecular complexity index is 424. The van der Waals surface area contributed by atoms with Gasteiger partial charge in [0.05, 0.1) is 13.4 Å². The molecule has 1 aromatic carbocycles. The fourth-order valence-corrected chi connectivity index (χ4v) is 1.09. The van der Waals surface area contributed by atoms with Gasteiger partial charge in [0, 0.05) is 19.4 Å². The van der Waals surface area contributed by atoms with Crippen LogP contribution in [0.2, 0.25) is 0 Å². The zero-order valence-corrected chi connectivity index (χ0v) is 9.50. The van der Waals surface area contributed by atoms with E-state index in [4.69, 9.17) is 4.74 Å². The molecule has 0 radical (unpaired) electrons. The molecule has 1 aromatic heterocycles. The zero-order chi connectivity index (χ0) is 11.8. The molecule has 0 unspecified atom stereocenters. The van der Waals surface area contributed by atoms with Crippen molar-refractivity contribution in [2.75, 3.05) is 7.11 Å². The maximum absolute atomic E-state index is 5.00. The highest BCUT2D eigenvalue weighted by molar-refractivity contribution is 5.55. The Kier molecular flexibility index (Phi) is 4.79. The molecule has 0 aliphatic rings. The molecule has 16 heavy (non-hydrogen) atoms. The minimum absolute atomic E-state index is 0.762. The predicted molar refractivity (Wildman–Crippen MR) is 65.4 cm³/mol. The Morgan fingerprint density at radius 3 is 2.50 bits per heavy atom. The number of aryl methyl sites for hydroxylation is 1. The first kappa shape index (κ1) is 12.0. The Labute approximate surface area is 95.2 Å². The number of ether oxygens (including phenoxy) is 1. The molecule has 4 heteroatoms. The Morgan fingerprint density at radius 1 is 1.38 bits per heavy atom. The molecule has 2 rings (SSSR count). The first-order chi connectivity index (χ1) is 7.77. The number of nitrogens with zero attached hydrogens (tertiary/aromatic N) is 3. The second-order valence-electron chi connectivity index (χ2n) is 3.06. The summed E-state index contributed by atoms with van der Waals surface area (Å²) in [7, 11) is 3.55. The standard InChI is InChI=1S/C8H9NO.C4H6N2/c1-9-7-5-3-4-6-8(7)10-2;1-6-3-2-5-4-6/h3-6H,1H2,2H3;2-4H,1H3. The first-order valence-corrected chi connectivity index (χ1v) is 4.79. The third kappa shape index (κ3) is 3.57. The van der Waals surface area contributed by atoms with Crippen LogP contribution in [-0.2, 0) is 7.05 Å². The third-order valence-electron chi connectivity index (χ3n) is 1.89. The van der Waals surface area contributed by atoms with E-state index in [9.17, 15) is 0 Å². The van der Waals surface area contributed by atoms with E-state index in [1.165, 1.54) is 0 Å². The summed E-state index contributed by atoms with van der Waals surface area (Å²) < 4.78 is 6.89. The van der Waals surface area contributed by atoms with Crippen LogP contribution in [0.3, 0.4) is 0 Å². The monoisotopic (exact) mass is 217 g/mol. The predicted octanol–water partition coefficient (Wildman–Crippen LogP) is 2.45. The summed E-state index contributed by atoms with van der Waals surface area (Å²) in [6.07, 6.45) is 5.39. The highest BCUT2D eigenvalue weighted by Crippen LogP contribution is 2.24. The van der Waals surface area contributed by atoms with Crippen LogP contribution in [0, 0.1) is 0 Å². The molecule has 4 nitrogen and oxygen atoms in total. The second-order valence-corrected chi connectivity index (χ2v) is 3.06. The van der Waals surface area contributed by atoms with Crippen LogP contribution in [0.1, 0.15) is 0 Å². The lowest BCUT2D eigenvalue weighted by Gasteiger charge is -2.00. The van der Waals surface area contributed by atoms with Crippen LogP contribution >= 0.6 is 0 Å². The van der Waals surface area contributed by atoms with Crippen molar-refractivity contribution in [2.24, 2.45) is 12.0 Å². The van der Waals surface area contributed by atoms with Gasteiger partial charge < -0.3 is 9.30 Å². The average molecular weight is 217 g/mol. The van der Waals surface area contributed by atoms with Crippen LogP contribution in [-0.4, -0.2) is 23.4 Å². The molecule has 1 heterocycles. The maximum atomic E-state index is 5.00. The second kappa shape index (κ2) is 6.40. The van der Waals surface area contributed by atoms with Gasteiger partial charge in [-0.15, -0.1) is 0 Å². The Hall–Kier alpha value is -2.10. The van der Waals surface area contributed by atoms with E-state index >= 15 is 0 Å². The molecule has 0 saturated heterocycles. The van der Waals surface area contributed by atoms with E-state index < -0.39 is 0 Å². The van der Waals surface area contributed by atoms with E-state index in [2.05, 4.69) is 16.7 Å². The molecule has 0 fully saturated rings. The van der Waals surface area contributed by atoms with E-state index in [-0.39, 0.29) is 0 Å². The van der Waals surface area contributed by atoms with Crippen molar-refractivity contribution in [1.29, 1.82) is 0 Å². The molecule has 0 amide bonds. The van der Waals surface area contributed by atoms with Gasteiger partial charge in [0.1, 0.15) is 11.4 Å². The third-order valence-corrected chi connectivity index (χ3v) is 1.89.